The normalized spacial score (nSPS) is 24.5. The minimum absolute atomic E-state index is 0.144. The standard InChI is InChI=1S/C20H30N2O2/c1-20(2,3)24-19(23)22-13-12-17(18(22)16-10-11-16)21(4)14-15-8-6-5-7-9-15/h5-9,16-18H,10-14H2,1-4H3/t17-,18-/m1/s1. The molecule has 2 fully saturated rings. The number of hydrogen-bond acceptors (Lipinski definition) is 3. The number of carbonyl (C=O) groups is 1. The van der Waals surface area contributed by atoms with Gasteiger partial charge in [-0.1, -0.05) is 30.3 Å². The van der Waals surface area contributed by atoms with Crippen LogP contribution in [0, 0.1) is 5.92 Å². The molecule has 1 saturated carbocycles. The summed E-state index contributed by atoms with van der Waals surface area (Å²) in [5.74, 6) is 0.642. The molecule has 1 saturated heterocycles. The zero-order valence-electron chi connectivity index (χ0n) is 15.4. The first kappa shape index (κ1) is 17.3. The summed E-state index contributed by atoms with van der Waals surface area (Å²) in [6.07, 6.45) is 3.36. The van der Waals surface area contributed by atoms with Crippen LogP contribution >= 0.6 is 0 Å². The van der Waals surface area contributed by atoms with Crippen LogP contribution in [0.4, 0.5) is 4.79 Å². The van der Waals surface area contributed by atoms with Crippen LogP contribution in [-0.4, -0.2) is 47.2 Å². The number of carbonyl (C=O) groups excluding carboxylic acids is 1. The average Bonchev–Trinajstić information content (AvgIpc) is 3.24. The number of ether oxygens (including phenoxy) is 1. The Morgan fingerprint density at radius 2 is 1.88 bits per heavy atom. The molecule has 4 heteroatoms. The zero-order chi connectivity index (χ0) is 17.3. The Morgan fingerprint density at radius 1 is 1.21 bits per heavy atom. The number of rotatable bonds is 4. The Bertz CT molecular complexity index is 563. The van der Waals surface area contributed by atoms with Gasteiger partial charge in [-0.15, -0.1) is 0 Å². The van der Waals surface area contributed by atoms with Crippen LogP contribution in [0.2, 0.25) is 0 Å². The largest absolute Gasteiger partial charge is 0.444 e. The lowest BCUT2D eigenvalue weighted by Gasteiger charge is -2.34. The van der Waals surface area contributed by atoms with Gasteiger partial charge in [0.2, 0.25) is 0 Å². The van der Waals surface area contributed by atoms with Crippen molar-refractivity contribution in [3.63, 3.8) is 0 Å². The molecule has 2 aliphatic rings. The molecule has 1 heterocycles. The number of nitrogens with zero attached hydrogens (tertiary/aromatic N) is 2. The summed E-state index contributed by atoms with van der Waals surface area (Å²) in [6.45, 7) is 7.54. The second kappa shape index (κ2) is 6.75. The summed E-state index contributed by atoms with van der Waals surface area (Å²) >= 11 is 0. The predicted molar refractivity (Wildman–Crippen MR) is 95.8 cm³/mol. The highest BCUT2D eigenvalue weighted by atomic mass is 16.6. The fraction of sp³-hybridized carbons (Fsp3) is 0.650. The number of likely N-dealkylation sites (tertiary alicyclic amines) is 1. The molecule has 0 unspecified atom stereocenters. The van der Waals surface area contributed by atoms with Gasteiger partial charge in [0.05, 0.1) is 6.04 Å². The zero-order valence-corrected chi connectivity index (χ0v) is 15.4. The van der Waals surface area contributed by atoms with Gasteiger partial charge in [0.15, 0.2) is 0 Å². The summed E-state index contributed by atoms with van der Waals surface area (Å²) in [5.41, 5.74) is 0.893. The van der Waals surface area contributed by atoms with E-state index in [-0.39, 0.29) is 6.09 Å². The second-order valence-electron chi connectivity index (χ2n) is 8.26. The first-order chi connectivity index (χ1) is 11.3. The molecule has 1 amide bonds. The van der Waals surface area contributed by atoms with E-state index in [1.807, 2.05) is 25.7 Å². The molecule has 1 aliphatic carbocycles. The van der Waals surface area contributed by atoms with Crippen LogP contribution in [-0.2, 0) is 11.3 Å². The summed E-state index contributed by atoms with van der Waals surface area (Å²) in [7, 11) is 2.19. The van der Waals surface area contributed by atoms with E-state index in [4.69, 9.17) is 4.74 Å². The monoisotopic (exact) mass is 330 g/mol. The van der Waals surface area contributed by atoms with Crippen molar-refractivity contribution >= 4 is 6.09 Å². The van der Waals surface area contributed by atoms with Gasteiger partial charge < -0.3 is 9.64 Å². The third-order valence-electron chi connectivity index (χ3n) is 4.99. The topological polar surface area (TPSA) is 32.8 Å². The lowest BCUT2D eigenvalue weighted by atomic mass is 10.0. The highest BCUT2D eigenvalue weighted by Gasteiger charge is 2.48. The van der Waals surface area contributed by atoms with Gasteiger partial charge in [0.25, 0.3) is 0 Å². The molecule has 1 aromatic rings. The summed E-state index contributed by atoms with van der Waals surface area (Å²) in [5, 5.41) is 0. The van der Waals surface area contributed by atoms with E-state index < -0.39 is 5.60 Å². The van der Waals surface area contributed by atoms with Crippen molar-refractivity contribution in [1.82, 2.24) is 9.80 Å². The maximum atomic E-state index is 12.6. The van der Waals surface area contributed by atoms with Crippen LogP contribution < -0.4 is 0 Å². The first-order valence-corrected chi connectivity index (χ1v) is 9.09. The molecule has 132 valence electrons. The maximum Gasteiger partial charge on any atom is 0.410 e. The Kier molecular flexibility index (Phi) is 4.86. The minimum Gasteiger partial charge on any atom is -0.444 e. The van der Waals surface area contributed by atoms with Gasteiger partial charge in [0, 0.05) is 19.1 Å². The Morgan fingerprint density at radius 3 is 2.46 bits per heavy atom. The Hall–Kier alpha value is -1.55. The minimum atomic E-state index is -0.431. The highest BCUT2D eigenvalue weighted by Crippen LogP contribution is 2.42. The number of benzene rings is 1. The molecular weight excluding hydrogens is 300 g/mol. The lowest BCUT2D eigenvalue weighted by molar-refractivity contribution is 0.0166. The third-order valence-corrected chi connectivity index (χ3v) is 4.99. The van der Waals surface area contributed by atoms with E-state index in [0.29, 0.717) is 18.0 Å². The average molecular weight is 330 g/mol. The van der Waals surface area contributed by atoms with Crippen molar-refractivity contribution < 1.29 is 9.53 Å². The van der Waals surface area contributed by atoms with Crippen LogP contribution in [0.3, 0.4) is 0 Å². The van der Waals surface area contributed by atoms with E-state index in [1.54, 1.807) is 0 Å². The van der Waals surface area contributed by atoms with Gasteiger partial charge >= 0.3 is 6.09 Å². The molecule has 0 N–H and O–H groups in total. The lowest BCUT2D eigenvalue weighted by Crippen LogP contribution is -2.48. The summed E-state index contributed by atoms with van der Waals surface area (Å²) < 4.78 is 5.64. The molecule has 0 aromatic heterocycles. The van der Waals surface area contributed by atoms with E-state index in [0.717, 1.165) is 19.5 Å². The van der Waals surface area contributed by atoms with Crippen molar-refractivity contribution in [3.8, 4) is 0 Å². The van der Waals surface area contributed by atoms with Crippen LogP contribution in [0.25, 0.3) is 0 Å². The van der Waals surface area contributed by atoms with Crippen LogP contribution in [0.15, 0.2) is 30.3 Å². The quantitative estimate of drug-likeness (QED) is 0.839. The van der Waals surface area contributed by atoms with E-state index in [2.05, 4.69) is 42.3 Å². The Balaban J connectivity index is 1.69. The van der Waals surface area contributed by atoms with Gasteiger partial charge in [-0.05, 0) is 58.6 Å². The molecule has 0 spiro atoms. The van der Waals surface area contributed by atoms with Crippen molar-refractivity contribution in [3.05, 3.63) is 35.9 Å². The van der Waals surface area contributed by atoms with Crippen molar-refractivity contribution in [2.75, 3.05) is 13.6 Å². The molecular formula is C20H30N2O2. The molecule has 4 nitrogen and oxygen atoms in total. The fourth-order valence-electron chi connectivity index (χ4n) is 3.81. The van der Waals surface area contributed by atoms with Crippen molar-refractivity contribution in [2.45, 2.75) is 64.3 Å². The molecule has 2 atom stereocenters. The molecule has 1 aromatic carbocycles. The van der Waals surface area contributed by atoms with E-state index in [9.17, 15) is 4.79 Å². The summed E-state index contributed by atoms with van der Waals surface area (Å²) in [4.78, 5) is 17.0. The molecule has 0 radical (unpaired) electrons. The summed E-state index contributed by atoms with van der Waals surface area (Å²) in [6, 6.07) is 11.3. The number of hydrogen-bond donors (Lipinski definition) is 0. The predicted octanol–water partition coefficient (Wildman–Crippen LogP) is 3.91. The second-order valence-corrected chi connectivity index (χ2v) is 8.26. The van der Waals surface area contributed by atoms with Gasteiger partial charge in [-0.2, -0.15) is 0 Å². The van der Waals surface area contributed by atoms with Gasteiger partial charge in [-0.3, -0.25) is 4.90 Å². The van der Waals surface area contributed by atoms with Gasteiger partial charge in [-0.25, -0.2) is 4.79 Å². The van der Waals surface area contributed by atoms with Crippen LogP contribution in [0.5, 0.6) is 0 Å². The fourth-order valence-corrected chi connectivity index (χ4v) is 3.81. The van der Waals surface area contributed by atoms with Crippen LogP contribution in [0.1, 0.15) is 45.6 Å². The van der Waals surface area contributed by atoms with E-state index in [1.165, 1.54) is 18.4 Å². The SMILES string of the molecule is CN(Cc1ccccc1)[C@@H]1CCN(C(=O)OC(C)(C)C)[C@@H]1C1CC1. The smallest absolute Gasteiger partial charge is 0.410 e. The third kappa shape index (κ3) is 4.10. The number of likely N-dealkylation sites (N-methyl/N-ethyl adjacent to an activating group) is 1. The number of amides is 1. The molecule has 1 aliphatic heterocycles. The Labute approximate surface area is 145 Å². The maximum absolute atomic E-state index is 12.6. The first-order valence-electron chi connectivity index (χ1n) is 9.09. The molecule has 3 rings (SSSR count). The highest BCUT2D eigenvalue weighted by molar-refractivity contribution is 5.69. The van der Waals surface area contributed by atoms with E-state index >= 15 is 0 Å². The van der Waals surface area contributed by atoms with Crippen molar-refractivity contribution in [2.24, 2.45) is 5.92 Å². The molecule has 24 heavy (non-hydrogen) atoms. The van der Waals surface area contributed by atoms with Gasteiger partial charge in [0.1, 0.15) is 5.60 Å². The van der Waals surface area contributed by atoms with Crippen molar-refractivity contribution in [1.29, 1.82) is 0 Å². The molecule has 0 bridgehead atoms.